The Morgan fingerprint density at radius 3 is 2.54 bits per heavy atom. The summed E-state index contributed by atoms with van der Waals surface area (Å²) in [4.78, 5) is 0. The number of hydrogen-bond donors (Lipinski definition) is 1. The van der Waals surface area contributed by atoms with E-state index < -0.39 is 8.07 Å². The minimum absolute atomic E-state index is 0.125. The molecule has 0 aromatic heterocycles. The minimum atomic E-state index is -1.52. The molecule has 13 heavy (non-hydrogen) atoms. The van der Waals surface area contributed by atoms with Crippen LogP contribution in [0.4, 0.5) is 0 Å². The lowest BCUT2D eigenvalue weighted by Gasteiger charge is -2.20. The highest BCUT2D eigenvalue weighted by molar-refractivity contribution is 6.94. The van der Waals surface area contributed by atoms with Crippen molar-refractivity contribution in [2.24, 2.45) is 0 Å². The SMILES string of the molecule is C=C[Si](C)(C)c1ccccc1CO. The maximum absolute atomic E-state index is 9.17. The first-order valence-corrected chi connectivity index (χ1v) is 7.52. The molecule has 0 amide bonds. The van der Waals surface area contributed by atoms with Crippen LogP contribution in [-0.2, 0) is 6.61 Å². The van der Waals surface area contributed by atoms with Gasteiger partial charge < -0.3 is 5.11 Å². The van der Waals surface area contributed by atoms with Crippen LogP contribution in [0.1, 0.15) is 5.56 Å². The zero-order chi connectivity index (χ0) is 9.90. The molecule has 0 aliphatic carbocycles. The summed E-state index contributed by atoms with van der Waals surface area (Å²) in [6.45, 7) is 8.45. The molecule has 70 valence electrons. The molecule has 0 saturated carbocycles. The second-order valence-electron chi connectivity index (χ2n) is 3.74. The summed E-state index contributed by atoms with van der Waals surface area (Å²) in [5, 5.41) is 10.4. The van der Waals surface area contributed by atoms with Crippen LogP contribution in [0.3, 0.4) is 0 Å². The molecule has 2 heteroatoms. The molecular weight excluding hydrogens is 176 g/mol. The predicted octanol–water partition coefficient (Wildman–Crippen LogP) is 1.82. The molecule has 1 aromatic rings. The number of aliphatic hydroxyl groups excluding tert-OH is 1. The third kappa shape index (κ3) is 2.08. The third-order valence-electron chi connectivity index (χ3n) is 2.39. The number of hydrogen-bond acceptors (Lipinski definition) is 1. The average molecular weight is 192 g/mol. The molecule has 0 aliphatic rings. The summed E-state index contributed by atoms with van der Waals surface area (Å²) in [5.74, 6) is 0. The zero-order valence-electron chi connectivity index (χ0n) is 8.25. The highest BCUT2D eigenvalue weighted by atomic mass is 28.3. The van der Waals surface area contributed by atoms with Crippen LogP contribution < -0.4 is 5.19 Å². The van der Waals surface area contributed by atoms with Gasteiger partial charge in [-0.3, -0.25) is 0 Å². The lowest BCUT2D eigenvalue weighted by molar-refractivity contribution is 0.283. The van der Waals surface area contributed by atoms with Gasteiger partial charge in [0.1, 0.15) is 8.07 Å². The Hall–Kier alpha value is -0.863. The van der Waals surface area contributed by atoms with E-state index in [-0.39, 0.29) is 6.61 Å². The Morgan fingerprint density at radius 2 is 2.00 bits per heavy atom. The molecule has 0 atom stereocenters. The van der Waals surface area contributed by atoms with E-state index in [0.29, 0.717) is 0 Å². The summed E-state index contributed by atoms with van der Waals surface area (Å²) in [6, 6.07) is 8.06. The first kappa shape index (κ1) is 10.2. The van der Waals surface area contributed by atoms with Crippen LogP contribution in [0.25, 0.3) is 0 Å². The lowest BCUT2D eigenvalue weighted by atomic mass is 10.2. The molecule has 1 N–H and O–H groups in total. The first-order valence-electron chi connectivity index (χ1n) is 4.44. The summed E-state index contributed by atoms with van der Waals surface area (Å²) in [6.07, 6.45) is 0. The smallest absolute Gasteiger partial charge is 0.104 e. The van der Waals surface area contributed by atoms with Crippen molar-refractivity contribution < 1.29 is 5.11 Å². The third-order valence-corrected chi connectivity index (χ3v) is 5.29. The molecule has 1 nitrogen and oxygen atoms in total. The van der Waals surface area contributed by atoms with Crippen molar-refractivity contribution in [2.75, 3.05) is 0 Å². The maximum atomic E-state index is 9.17. The molecule has 0 saturated heterocycles. The van der Waals surface area contributed by atoms with Crippen LogP contribution in [0, 0.1) is 0 Å². The van der Waals surface area contributed by atoms with Gasteiger partial charge >= 0.3 is 0 Å². The Kier molecular flexibility index (Phi) is 3.06. The van der Waals surface area contributed by atoms with Crippen molar-refractivity contribution in [1.29, 1.82) is 0 Å². The van der Waals surface area contributed by atoms with E-state index in [0.717, 1.165) is 5.56 Å². The average Bonchev–Trinajstić information content (AvgIpc) is 2.18. The van der Waals surface area contributed by atoms with Gasteiger partial charge in [-0.2, -0.15) is 0 Å². The summed E-state index contributed by atoms with van der Waals surface area (Å²) < 4.78 is 0. The number of benzene rings is 1. The number of rotatable bonds is 3. The van der Waals surface area contributed by atoms with Crippen LogP contribution in [0.15, 0.2) is 36.5 Å². The molecule has 0 spiro atoms. The standard InChI is InChI=1S/C11H16OSi/c1-4-13(2,3)11-8-6-5-7-10(11)9-12/h4-8,12H,1,9H2,2-3H3. The van der Waals surface area contributed by atoms with Gasteiger partial charge in [-0.05, 0) is 10.8 Å². The van der Waals surface area contributed by atoms with Gasteiger partial charge in [0.15, 0.2) is 0 Å². The summed E-state index contributed by atoms with van der Waals surface area (Å²) >= 11 is 0. The molecule has 0 radical (unpaired) electrons. The van der Waals surface area contributed by atoms with Crippen molar-refractivity contribution in [3.63, 3.8) is 0 Å². The number of aliphatic hydroxyl groups is 1. The Balaban J connectivity index is 3.20. The fraction of sp³-hybridized carbons (Fsp3) is 0.273. The Labute approximate surface area is 80.7 Å². The lowest BCUT2D eigenvalue weighted by Crippen LogP contribution is -2.41. The predicted molar refractivity (Wildman–Crippen MR) is 59.7 cm³/mol. The van der Waals surface area contributed by atoms with Gasteiger partial charge in [-0.25, -0.2) is 0 Å². The van der Waals surface area contributed by atoms with E-state index >= 15 is 0 Å². The molecule has 0 bridgehead atoms. The van der Waals surface area contributed by atoms with E-state index in [4.69, 9.17) is 5.11 Å². The Morgan fingerprint density at radius 1 is 1.38 bits per heavy atom. The van der Waals surface area contributed by atoms with Gasteiger partial charge in [0.25, 0.3) is 0 Å². The Bertz CT molecular complexity index is 305. The van der Waals surface area contributed by atoms with E-state index in [9.17, 15) is 0 Å². The quantitative estimate of drug-likeness (QED) is 0.724. The second kappa shape index (κ2) is 3.90. The summed E-state index contributed by atoms with van der Waals surface area (Å²) in [5.41, 5.74) is 3.08. The molecule has 0 unspecified atom stereocenters. The maximum Gasteiger partial charge on any atom is 0.104 e. The fourth-order valence-corrected chi connectivity index (χ4v) is 3.13. The van der Waals surface area contributed by atoms with Crippen LogP contribution in [0.5, 0.6) is 0 Å². The zero-order valence-corrected chi connectivity index (χ0v) is 9.25. The van der Waals surface area contributed by atoms with Gasteiger partial charge in [0, 0.05) is 0 Å². The van der Waals surface area contributed by atoms with Crippen molar-refractivity contribution >= 4 is 13.3 Å². The highest BCUT2D eigenvalue weighted by Gasteiger charge is 2.21. The van der Waals surface area contributed by atoms with Crippen molar-refractivity contribution in [3.8, 4) is 0 Å². The first-order chi connectivity index (χ1) is 6.11. The second-order valence-corrected chi connectivity index (χ2v) is 8.13. The molecule has 1 rings (SSSR count). The van der Waals surface area contributed by atoms with Crippen LogP contribution in [-0.4, -0.2) is 13.2 Å². The molecule has 0 fully saturated rings. The largest absolute Gasteiger partial charge is 0.392 e. The monoisotopic (exact) mass is 192 g/mol. The van der Waals surface area contributed by atoms with E-state index in [2.05, 4.69) is 25.7 Å². The van der Waals surface area contributed by atoms with Crippen LogP contribution in [0.2, 0.25) is 13.1 Å². The van der Waals surface area contributed by atoms with Gasteiger partial charge in [0.2, 0.25) is 0 Å². The molecule has 0 heterocycles. The van der Waals surface area contributed by atoms with Crippen molar-refractivity contribution in [1.82, 2.24) is 0 Å². The molecule has 0 aliphatic heterocycles. The van der Waals surface area contributed by atoms with E-state index in [1.807, 2.05) is 23.9 Å². The topological polar surface area (TPSA) is 20.2 Å². The minimum Gasteiger partial charge on any atom is -0.392 e. The van der Waals surface area contributed by atoms with Crippen molar-refractivity contribution in [2.45, 2.75) is 19.7 Å². The van der Waals surface area contributed by atoms with Gasteiger partial charge in [-0.1, -0.05) is 43.1 Å². The normalized spacial score (nSPS) is 11.3. The van der Waals surface area contributed by atoms with Gasteiger partial charge in [0.05, 0.1) is 6.61 Å². The van der Waals surface area contributed by atoms with E-state index in [1.165, 1.54) is 5.19 Å². The molecule has 1 aromatic carbocycles. The van der Waals surface area contributed by atoms with Crippen molar-refractivity contribution in [3.05, 3.63) is 42.1 Å². The van der Waals surface area contributed by atoms with Crippen LogP contribution >= 0.6 is 0 Å². The van der Waals surface area contributed by atoms with E-state index in [1.54, 1.807) is 0 Å². The fourth-order valence-electron chi connectivity index (χ4n) is 1.40. The highest BCUT2D eigenvalue weighted by Crippen LogP contribution is 2.08. The molecular formula is C11H16OSi. The summed E-state index contributed by atoms with van der Waals surface area (Å²) in [7, 11) is -1.52. The van der Waals surface area contributed by atoms with Gasteiger partial charge in [-0.15, -0.1) is 6.58 Å².